The zero-order chi connectivity index (χ0) is 12.8. The molecule has 1 aliphatic carbocycles. The third kappa shape index (κ3) is 3.58. The van der Waals surface area contributed by atoms with Crippen molar-refractivity contribution < 1.29 is 0 Å². The maximum atomic E-state index is 4.25. The van der Waals surface area contributed by atoms with E-state index in [1.54, 1.807) is 0 Å². The SMILES string of the molecule is CCCn1cncc1CN[C@@H](C)C1CCCCC1. The fourth-order valence-electron chi connectivity index (χ4n) is 3.00. The molecule has 1 aliphatic rings. The van der Waals surface area contributed by atoms with Crippen molar-refractivity contribution in [3.05, 3.63) is 18.2 Å². The molecule has 18 heavy (non-hydrogen) atoms. The van der Waals surface area contributed by atoms with Crippen LogP contribution in [-0.2, 0) is 13.1 Å². The van der Waals surface area contributed by atoms with E-state index in [9.17, 15) is 0 Å². The zero-order valence-corrected chi connectivity index (χ0v) is 11.9. The molecule has 0 unspecified atom stereocenters. The van der Waals surface area contributed by atoms with Crippen LogP contribution in [0.3, 0.4) is 0 Å². The van der Waals surface area contributed by atoms with Gasteiger partial charge in [0.05, 0.1) is 12.0 Å². The van der Waals surface area contributed by atoms with Crippen LogP contribution < -0.4 is 5.32 Å². The van der Waals surface area contributed by atoms with Gasteiger partial charge in [-0.05, 0) is 32.1 Å². The van der Waals surface area contributed by atoms with Gasteiger partial charge < -0.3 is 9.88 Å². The predicted octanol–water partition coefficient (Wildman–Crippen LogP) is 3.35. The molecule has 3 nitrogen and oxygen atoms in total. The van der Waals surface area contributed by atoms with Crippen molar-refractivity contribution in [3.8, 4) is 0 Å². The third-order valence-corrected chi connectivity index (χ3v) is 4.23. The molecule has 0 spiro atoms. The molecular weight excluding hydrogens is 222 g/mol. The Balaban J connectivity index is 1.80. The summed E-state index contributed by atoms with van der Waals surface area (Å²) in [5, 5.41) is 3.69. The number of nitrogens with zero attached hydrogens (tertiary/aromatic N) is 2. The number of hydrogen-bond acceptors (Lipinski definition) is 2. The van der Waals surface area contributed by atoms with Crippen LogP contribution in [0.5, 0.6) is 0 Å². The summed E-state index contributed by atoms with van der Waals surface area (Å²) in [6, 6.07) is 0.635. The second-order valence-corrected chi connectivity index (χ2v) is 5.65. The highest BCUT2D eigenvalue weighted by atomic mass is 15.1. The highest BCUT2D eigenvalue weighted by Crippen LogP contribution is 2.26. The third-order valence-electron chi connectivity index (χ3n) is 4.23. The van der Waals surface area contributed by atoms with Gasteiger partial charge in [-0.3, -0.25) is 0 Å². The molecule has 1 saturated carbocycles. The molecule has 0 radical (unpaired) electrons. The maximum Gasteiger partial charge on any atom is 0.0948 e. The van der Waals surface area contributed by atoms with Crippen molar-refractivity contribution in [3.63, 3.8) is 0 Å². The van der Waals surface area contributed by atoms with Crippen molar-refractivity contribution >= 4 is 0 Å². The van der Waals surface area contributed by atoms with E-state index in [0.29, 0.717) is 6.04 Å². The van der Waals surface area contributed by atoms with Crippen molar-refractivity contribution in [2.45, 2.75) is 71.5 Å². The van der Waals surface area contributed by atoms with Gasteiger partial charge in [-0.1, -0.05) is 26.2 Å². The molecule has 2 rings (SSSR count). The van der Waals surface area contributed by atoms with E-state index in [2.05, 4.69) is 28.7 Å². The quantitative estimate of drug-likeness (QED) is 0.838. The highest BCUT2D eigenvalue weighted by molar-refractivity contribution is 4.98. The van der Waals surface area contributed by atoms with Gasteiger partial charge in [0.1, 0.15) is 0 Å². The highest BCUT2D eigenvalue weighted by Gasteiger charge is 2.19. The Hall–Kier alpha value is -0.830. The minimum absolute atomic E-state index is 0.635. The summed E-state index contributed by atoms with van der Waals surface area (Å²) in [6.45, 7) is 6.59. The molecule has 1 aromatic rings. The Morgan fingerprint density at radius 2 is 2.17 bits per heavy atom. The van der Waals surface area contributed by atoms with Crippen molar-refractivity contribution in [2.75, 3.05) is 0 Å². The second kappa shape index (κ2) is 6.93. The molecule has 0 amide bonds. The number of aryl methyl sites for hydroxylation is 1. The first kappa shape index (κ1) is 13.6. The Morgan fingerprint density at radius 1 is 1.39 bits per heavy atom. The Bertz CT molecular complexity index is 339. The van der Waals surface area contributed by atoms with E-state index in [1.807, 2.05) is 12.5 Å². The van der Waals surface area contributed by atoms with Crippen molar-refractivity contribution in [1.82, 2.24) is 14.9 Å². The van der Waals surface area contributed by atoms with Crippen LogP contribution in [0.1, 0.15) is 58.1 Å². The summed E-state index contributed by atoms with van der Waals surface area (Å²) in [5.41, 5.74) is 1.32. The van der Waals surface area contributed by atoms with E-state index in [0.717, 1.165) is 19.0 Å². The predicted molar refractivity (Wildman–Crippen MR) is 75.4 cm³/mol. The molecule has 0 bridgehead atoms. The molecule has 102 valence electrons. The maximum absolute atomic E-state index is 4.25. The standard InChI is InChI=1S/C15H27N3/c1-3-9-18-12-16-10-15(18)11-17-13(2)14-7-5-4-6-8-14/h10,12-14,17H,3-9,11H2,1-2H3/t13-/m0/s1. The topological polar surface area (TPSA) is 29.9 Å². The smallest absolute Gasteiger partial charge is 0.0948 e. The normalized spacial score (nSPS) is 19.0. The van der Waals surface area contributed by atoms with Gasteiger partial charge in [-0.25, -0.2) is 4.98 Å². The average Bonchev–Trinajstić information content (AvgIpc) is 2.85. The lowest BCUT2D eigenvalue weighted by atomic mass is 9.84. The van der Waals surface area contributed by atoms with E-state index in [4.69, 9.17) is 0 Å². The first-order valence-electron chi connectivity index (χ1n) is 7.53. The summed E-state index contributed by atoms with van der Waals surface area (Å²) in [5.74, 6) is 0.876. The van der Waals surface area contributed by atoms with Gasteiger partial charge >= 0.3 is 0 Å². The summed E-state index contributed by atoms with van der Waals surface area (Å²) in [4.78, 5) is 4.25. The van der Waals surface area contributed by atoms with Crippen LogP contribution in [0.25, 0.3) is 0 Å². The van der Waals surface area contributed by atoms with Gasteiger partial charge in [-0.15, -0.1) is 0 Å². The lowest BCUT2D eigenvalue weighted by molar-refractivity contribution is 0.279. The number of imidazole rings is 1. The minimum Gasteiger partial charge on any atom is -0.333 e. The lowest BCUT2D eigenvalue weighted by Crippen LogP contribution is -2.34. The molecular formula is C15H27N3. The number of nitrogens with one attached hydrogen (secondary N) is 1. The summed E-state index contributed by atoms with van der Waals surface area (Å²) in [6.07, 6.45) is 12.2. The zero-order valence-electron chi connectivity index (χ0n) is 11.9. The fourth-order valence-corrected chi connectivity index (χ4v) is 3.00. The summed E-state index contributed by atoms with van der Waals surface area (Å²) in [7, 11) is 0. The van der Waals surface area contributed by atoms with Gasteiger partial charge in [0.25, 0.3) is 0 Å². The van der Waals surface area contributed by atoms with Crippen LogP contribution in [0.2, 0.25) is 0 Å². The van der Waals surface area contributed by atoms with E-state index in [1.165, 1.54) is 44.2 Å². The van der Waals surface area contributed by atoms with Gasteiger partial charge in [-0.2, -0.15) is 0 Å². The van der Waals surface area contributed by atoms with Crippen LogP contribution in [0.15, 0.2) is 12.5 Å². The Kier molecular flexibility index (Phi) is 5.24. The van der Waals surface area contributed by atoms with Gasteiger partial charge in [0.15, 0.2) is 0 Å². The first-order chi connectivity index (χ1) is 8.81. The van der Waals surface area contributed by atoms with Crippen LogP contribution in [0.4, 0.5) is 0 Å². The first-order valence-corrected chi connectivity index (χ1v) is 7.53. The fraction of sp³-hybridized carbons (Fsp3) is 0.800. The summed E-state index contributed by atoms with van der Waals surface area (Å²) >= 11 is 0. The molecule has 0 saturated heterocycles. The molecule has 1 aromatic heterocycles. The lowest BCUT2D eigenvalue weighted by Gasteiger charge is -2.28. The Morgan fingerprint density at radius 3 is 2.89 bits per heavy atom. The molecule has 1 N–H and O–H groups in total. The second-order valence-electron chi connectivity index (χ2n) is 5.65. The number of hydrogen-bond donors (Lipinski definition) is 1. The van der Waals surface area contributed by atoms with Crippen LogP contribution in [-0.4, -0.2) is 15.6 Å². The molecule has 1 atom stereocenters. The van der Waals surface area contributed by atoms with Crippen molar-refractivity contribution in [1.29, 1.82) is 0 Å². The molecule has 0 aliphatic heterocycles. The minimum atomic E-state index is 0.635. The average molecular weight is 249 g/mol. The molecule has 1 heterocycles. The van der Waals surface area contributed by atoms with Crippen molar-refractivity contribution in [2.24, 2.45) is 5.92 Å². The van der Waals surface area contributed by atoms with E-state index in [-0.39, 0.29) is 0 Å². The summed E-state index contributed by atoms with van der Waals surface area (Å²) < 4.78 is 2.26. The van der Waals surface area contributed by atoms with Crippen LogP contribution in [0, 0.1) is 5.92 Å². The Labute approximate surface area is 111 Å². The number of aromatic nitrogens is 2. The number of rotatable bonds is 6. The molecule has 1 fully saturated rings. The van der Waals surface area contributed by atoms with E-state index < -0.39 is 0 Å². The molecule has 0 aromatic carbocycles. The van der Waals surface area contributed by atoms with E-state index >= 15 is 0 Å². The van der Waals surface area contributed by atoms with Crippen LogP contribution >= 0.6 is 0 Å². The van der Waals surface area contributed by atoms with Gasteiger partial charge in [0, 0.05) is 25.3 Å². The van der Waals surface area contributed by atoms with Gasteiger partial charge in [0.2, 0.25) is 0 Å². The largest absolute Gasteiger partial charge is 0.333 e. The monoisotopic (exact) mass is 249 g/mol. The molecule has 3 heteroatoms.